The molecule has 12 atom stereocenters. The van der Waals surface area contributed by atoms with Crippen LogP contribution < -0.4 is 20.9 Å². The number of nitrogens with one attached hydrogen (secondary N) is 5. The fraction of sp³-hybridized carbons (Fsp3) is 0.773. The van der Waals surface area contributed by atoms with E-state index in [2.05, 4.69) is 61.2 Å². The number of aromatic amines is 2. The number of piperidine rings is 6. The molecular weight excluding hydrogens is 1990 g/mol. The predicted octanol–water partition coefficient (Wildman–Crippen LogP) is 20.0. The minimum Gasteiger partial charge on any atom is -0.501 e. The summed E-state index contributed by atoms with van der Waals surface area (Å²) in [5, 5.41) is 24.1. The van der Waals surface area contributed by atoms with Gasteiger partial charge in [-0.1, -0.05) is 42.5 Å². The number of ether oxygens (including phenoxy) is 11. The lowest BCUT2D eigenvalue weighted by molar-refractivity contribution is -0.0444. The molecule has 0 aromatic carbocycles. The number of carbonyl (C=O) groups is 6. The van der Waals surface area contributed by atoms with E-state index in [-0.39, 0.29) is 144 Å². The molecular formula is C97H153BCl4IN17O19. The smallest absolute Gasteiger partial charge is 0.501 e. The summed E-state index contributed by atoms with van der Waals surface area (Å²) < 4.78 is 71.3. The zero-order valence-electron chi connectivity index (χ0n) is 84.3. The van der Waals surface area contributed by atoms with Gasteiger partial charge in [-0.3, -0.25) is 10.2 Å². The van der Waals surface area contributed by atoms with Crippen molar-refractivity contribution in [2.45, 2.75) is 383 Å². The molecule has 4 unspecified atom stereocenters. The predicted molar refractivity (Wildman–Crippen MR) is 542 cm³/mol. The highest BCUT2D eigenvalue weighted by Crippen LogP contribution is 2.45. The summed E-state index contributed by atoms with van der Waals surface area (Å²) in [6.45, 7) is 29.6. The lowest BCUT2D eigenvalue weighted by Gasteiger charge is -2.50. The third-order valence-electron chi connectivity index (χ3n) is 28.6. The lowest BCUT2D eigenvalue weighted by atomic mass is 9.70. The van der Waals surface area contributed by atoms with Gasteiger partial charge < -0.3 is 107 Å². The van der Waals surface area contributed by atoms with Crippen molar-refractivity contribution in [2.24, 2.45) is 11.8 Å². The van der Waals surface area contributed by atoms with E-state index in [1.54, 1.807) is 17.0 Å². The van der Waals surface area contributed by atoms with Gasteiger partial charge in [-0.05, 0) is 235 Å². The summed E-state index contributed by atoms with van der Waals surface area (Å²) >= 11 is 22.7. The Morgan fingerprint density at radius 3 is 1.17 bits per heavy atom. The van der Waals surface area contributed by atoms with E-state index in [1.165, 1.54) is 44.9 Å². The van der Waals surface area contributed by atoms with E-state index < -0.39 is 16.6 Å². The van der Waals surface area contributed by atoms with Gasteiger partial charge in [0.2, 0.25) is 11.2 Å². The van der Waals surface area contributed by atoms with Crippen LogP contribution in [0.1, 0.15) is 273 Å². The zero-order chi connectivity index (χ0) is 99.2. The first-order valence-corrected chi connectivity index (χ1v) is 51.7. The second-order valence-electron chi connectivity index (χ2n) is 41.9. The molecule has 2 aliphatic carbocycles. The van der Waals surface area contributed by atoms with Crippen LogP contribution in [0.2, 0.25) is 15.6 Å². The van der Waals surface area contributed by atoms with Gasteiger partial charge in [-0.2, -0.15) is 15.2 Å². The Kier molecular flexibility index (Phi) is 42.6. The van der Waals surface area contributed by atoms with Gasteiger partial charge in [-0.25, -0.2) is 43.7 Å². The van der Waals surface area contributed by atoms with Gasteiger partial charge in [0.15, 0.2) is 11.6 Å². The quantitative estimate of drug-likeness (QED) is 0.0195. The Labute approximate surface area is 858 Å². The Morgan fingerprint density at radius 2 is 0.820 bits per heavy atom. The van der Waals surface area contributed by atoms with Crippen LogP contribution >= 0.6 is 70.4 Å². The standard InChI is InChI=1S/C23H32ClN7O3.C20H34N2O5.C15H26N2O3.C15H27NO2.C10H17BO3.C8H7Cl2N5.C6H9ClO3.HI/c1-14-10-21(29-28-14)26-20-13-19(24)25-22(27-20)30(2)17-11-15-4-3-5-16(12-17)31(15)23(32)34-18-6-8-33-9-7-18;1-20(2,3)27-18(23)21(4)16-12-14-6-5-7-15(13-16)22(14)19(24)26-17-8-10-25-11-9-17;1-16-11-9-12-3-2-4-13(10-11)17(12)15(18)20-14-5-7-19-8-6-14;1-15(2,3)18-14(17)16(4)13-9-11-6-5-7-12(8-11)10-13;1-9(2)10(3,4)14-11(13-9)8-6-5-7-12-8;1-4-2-7(15-14-4)12-6-3-5(9)11-8(10)13-6;7-6(8)10-5-1-3-9-4-2-5;/h10,13,15-18H,3-9,11-12H2,1-2H3,(H2,25,26,27,28,29);14-17H,5-13H2,1-4H3;11-14,16H,2-10H2,1H3;11-13H,5-10H2,1-4H3;6H,5,7H2,1-4H3;2-3H,1H3,(H2,11,12,13,14,15);5H,1-4H2;1H/t15-,16+,17?;14-,15+,16?;11?,12-,13+;11-,12+,13?;;;;. The van der Waals surface area contributed by atoms with Crippen molar-refractivity contribution >= 4 is 143 Å². The number of H-pyrrole nitrogens is 2. The Hall–Kier alpha value is -6.99. The molecule has 5 amide bonds. The molecule has 18 rings (SSSR count). The van der Waals surface area contributed by atoms with Crippen LogP contribution in [0, 0.1) is 25.7 Å². The number of halogens is 5. The second-order valence-corrected chi connectivity index (χ2v) is 43.3. The highest BCUT2D eigenvalue weighted by molar-refractivity contribution is 14.0. The summed E-state index contributed by atoms with van der Waals surface area (Å²) in [5.41, 5.74) is 0.577. The van der Waals surface area contributed by atoms with Gasteiger partial charge in [0.25, 0.3) is 0 Å². The average Bonchev–Trinajstić information content (AvgIpc) is 1.49. The number of aromatic nitrogens is 8. The molecule has 13 fully saturated rings. The van der Waals surface area contributed by atoms with Gasteiger partial charge in [0.05, 0.1) is 70.7 Å². The number of carbonyl (C=O) groups excluding carboxylic acids is 6. The number of hydrogen-bond acceptors (Lipinski definition) is 29. The molecule has 4 aromatic heterocycles. The Bertz CT molecular complexity index is 4500. The molecule has 12 aliphatic heterocycles. The van der Waals surface area contributed by atoms with Crippen molar-refractivity contribution in [2.75, 3.05) is 103 Å². The van der Waals surface area contributed by atoms with E-state index in [0.717, 1.165) is 183 Å². The van der Waals surface area contributed by atoms with Gasteiger partial charge in [0, 0.05) is 187 Å². The Morgan fingerprint density at radius 1 is 0.460 bits per heavy atom. The molecule has 4 aromatic rings. The van der Waals surface area contributed by atoms with E-state index >= 15 is 0 Å². The van der Waals surface area contributed by atoms with Gasteiger partial charge >= 0.3 is 43.0 Å². The van der Waals surface area contributed by atoms with Crippen LogP contribution in [-0.4, -0.2) is 303 Å². The number of anilines is 5. The SMILES string of the molecule is CC1(C)OB(C2=CCCO2)OC1(C)C.CN(C(=O)OC(C)(C)C)C1C[C@H]2CCC[C@@H](C1)C2.CN(C(=O)OC(C)(C)C)C1C[C@H]2CCC[C@@H](C1)N2C(=O)OC1CCOCC1.CNC1C[C@H]2CCC[C@@H](C1)N2C(=O)OC1CCOCC1.Cc1cc(Nc2cc(Cl)nc(Cl)n2)n[nH]1.Cc1cc(Nc2cc(Cl)nc(N(C)C3C[C@H]4CCC[C@@H](C3)N4C(=O)OC3CCOCC3)n2)n[nH]1.I.O=C(Cl)OC1CCOCC1. The maximum atomic E-state index is 13.1. The fourth-order valence-corrected chi connectivity index (χ4v) is 21.5. The summed E-state index contributed by atoms with van der Waals surface area (Å²) in [7, 11) is 7.42. The molecule has 139 heavy (non-hydrogen) atoms. The van der Waals surface area contributed by atoms with Crippen LogP contribution in [0.4, 0.5) is 58.0 Å². The average molecular weight is 2140 g/mol. The van der Waals surface area contributed by atoms with Gasteiger partial charge in [-0.15, -0.1) is 24.0 Å². The van der Waals surface area contributed by atoms with Crippen molar-refractivity contribution in [1.82, 2.24) is 70.1 Å². The van der Waals surface area contributed by atoms with Crippen molar-refractivity contribution in [3.63, 3.8) is 0 Å². The first-order valence-electron chi connectivity index (χ1n) is 50.1. The molecule has 14 aliphatic rings. The highest BCUT2D eigenvalue weighted by Gasteiger charge is 2.54. The van der Waals surface area contributed by atoms with Crippen molar-refractivity contribution in [3.8, 4) is 0 Å². The molecule has 42 heteroatoms. The topological polar surface area (TPSA) is 387 Å². The summed E-state index contributed by atoms with van der Waals surface area (Å²) in [5.74, 6) is 4.66. The van der Waals surface area contributed by atoms with Crippen LogP contribution in [0.15, 0.2) is 36.0 Å². The second kappa shape index (κ2) is 52.7. The molecule has 36 nitrogen and oxygen atoms in total. The van der Waals surface area contributed by atoms with Crippen LogP contribution in [0.3, 0.4) is 0 Å². The molecule has 0 spiro atoms. The first kappa shape index (κ1) is 112. The summed E-state index contributed by atoms with van der Waals surface area (Å²) in [4.78, 5) is 102. The Balaban J connectivity index is 0.000000160. The molecule has 778 valence electrons. The number of nitrogens with zero attached hydrogens (tertiary/aromatic N) is 12. The first-order chi connectivity index (χ1) is 65.7. The van der Waals surface area contributed by atoms with Crippen molar-refractivity contribution in [3.05, 3.63) is 63.0 Å². The highest BCUT2D eigenvalue weighted by atomic mass is 127. The monoisotopic (exact) mass is 2140 g/mol. The normalized spacial score (nSPS) is 26.5. The molecule has 11 saturated heterocycles. The van der Waals surface area contributed by atoms with Crippen molar-refractivity contribution in [1.29, 1.82) is 0 Å². The van der Waals surface area contributed by atoms with E-state index in [9.17, 15) is 28.8 Å². The van der Waals surface area contributed by atoms with Crippen molar-refractivity contribution < 1.29 is 90.2 Å². The number of fused-ring (bicyclic) bond motifs is 8. The molecule has 2 saturated carbocycles. The maximum Gasteiger partial charge on any atom is 0.531 e. The van der Waals surface area contributed by atoms with E-state index in [4.69, 9.17) is 108 Å². The number of hydrogen-bond donors (Lipinski definition) is 5. The third kappa shape index (κ3) is 34.1. The molecule has 16 heterocycles. The largest absolute Gasteiger partial charge is 0.531 e. The summed E-state index contributed by atoms with van der Waals surface area (Å²) in [6, 6.07) is 9.58. The minimum absolute atomic E-state index is 0. The number of rotatable bonds is 14. The lowest BCUT2D eigenvalue weighted by Crippen LogP contribution is -2.59. The molecule has 5 N–H and O–H groups in total. The van der Waals surface area contributed by atoms with Crippen LogP contribution in [0.25, 0.3) is 0 Å². The minimum atomic E-state index is -0.716. The fourth-order valence-electron chi connectivity index (χ4n) is 20.8. The zero-order valence-corrected chi connectivity index (χ0v) is 89.7. The van der Waals surface area contributed by atoms with Crippen LogP contribution in [0.5, 0.6) is 0 Å². The maximum absolute atomic E-state index is 13.1. The molecule has 8 bridgehead atoms. The number of aryl methyl sites for hydroxylation is 2. The molecule has 0 radical (unpaired) electrons. The third-order valence-corrected chi connectivity index (χ3v) is 29.2. The van der Waals surface area contributed by atoms with E-state index in [1.807, 2.05) is 149 Å². The van der Waals surface area contributed by atoms with E-state index in [0.29, 0.717) is 111 Å². The van der Waals surface area contributed by atoms with Gasteiger partial charge in [0.1, 0.15) is 63.2 Å². The van der Waals surface area contributed by atoms with Crippen LogP contribution in [-0.2, 0) is 61.4 Å². The summed E-state index contributed by atoms with van der Waals surface area (Å²) in [6.07, 6.45) is 31.3. The number of amides is 5.